The number of nitrogens with zero attached hydrogens (tertiary/aromatic N) is 3. The molecule has 32 heavy (non-hydrogen) atoms. The Labute approximate surface area is 189 Å². The fraction of sp³-hybridized carbons (Fsp3) is 0.318. The molecule has 0 aliphatic carbocycles. The summed E-state index contributed by atoms with van der Waals surface area (Å²) >= 11 is 1.05. The van der Waals surface area contributed by atoms with Gasteiger partial charge in [-0.1, -0.05) is 12.1 Å². The third-order valence-electron chi connectivity index (χ3n) is 5.55. The topological polar surface area (TPSA) is 109 Å². The van der Waals surface area contributed by atoms with Crippen molar-refractivity contribution in [2.24, 2.45) is 0 Å². The van der Waals surface area contributed by atoms with Crippen LogP contribution >= 0.6 is 11.7 Å². The number of carbonyl (C=O) groups is 1. The number of fused-ring (bicyclic) bond motifs is 1. The van der Waals surface area contributed by atoms with E-state index in [4.69, 9.17) is 9.47 Å². The standard InChI is InChI=1S/C22H23N5O4S/c28-19-15(22(29)27-9-2-1-3-10-27)5-4-6-16(19)24-21-20(25-32-26-21)23-12-14-7-8-17-18(11-14)31-13-30-17/h4-8,11,28H,1-3,9-10,12-13H2,(H,23,25)(H,24,26). The molecule has 1 aromatic heterocycles. The lowest BCUT2D eigenvalue weighted by Gasteiger charge is -2.27. The number of aromatic nitrogens is 2. The summed E-state index contributed by atoms with van der Waals surface area (Å²) in [4.78, 5) is 14.7. The Bertz CT molecular complexity index is 1130. The van der Waals surface area contributed by atoms with E-state index in [2.05, 4.69) is 19.4 Å². The van der Waals surface area contributed by atoms with Gasteiger partial charge in [-0.15, -0.1) is 0 Å². The first-order chi connectivity index (χ1) is 15.7. The molecule has 1 fully saturated rings. The van der Waals surface area contributed by atoms with Crippen LogP contribution in [0.15, 0.2) is 36.4 Å². The summed E-state index contributed by atoms with van der Waals surface area (Å²) in [6, 6.07) is 10.9. The molecule has 0 saturated carbocycles. The number of carbonyl (C=O) groups excluding carboxylic acids is 1. The zero-order chi connectivity index (χ0) is 21.9. The van der Waals surface area contributed by atoms with Crippen LogP contribution in [0.2, 0.25) is 0 Å². The maximum absolute atomic E-state index is 12.9. The van der Waals surface area contributed by atoms with Crippen LogP contribution < -0.4 is 20.1 Å². The van der Waals surface area contributed by atoms with Crippen LogP contribution in [0, 0.1) is 0 Å². The summed E-state index contributed by atoms with van der Waals surface area (Å²) in [7, 11) is 0. The van der Waals surface area contributed by atoms with Crippen molar-refractivity contribution in [3.05, 3.63) is 47.5 Å². The van der Waals surface area contributed by atoms with Gasteiger partial charge in [0.05, 0.1) is 23.0 Å². The van der Waals surface area contributed by atoms with E-state index in [1.165, 1.54) is 0 Å². The summed E-state index contributed by atoms with van der Waals surface area (Å²) in [5, 5.41) is 17.1. The number of likely N-dealkylation sites (tertiary alicyclic amines) is 1. The van der Waals surface area contributed by atoms with Crippen LogP contribution in [0.4, 0.5) is 17.3 Å². The van der Waals surface area contributed by atoms with Gasteiger partial charge >= 0.3 is 0 Å². The number of nitrogens with one attached hydrogen (secondary N) is 2. The fourth-order valence-electron chi connectivity index (χ4n) is 3.84. The number of piperidine rings is 1. The van der Waals surface area contributed by atoms with Crippen molar-refractivity contribution in [1.82, 2.24) is 13.6 Å². The first kappa shape index (κ1) is 20.4. The largest absolute Gasteiger partial charge is 0.505 e. The summed E-state index contributed by atoms with van der Waals surface area (Å²) in [6.45, 7) is 2.19. The van der Waals surface area contributed by atoms with Crippen LogP contribution in [-0.4, -0.2) is 44.5 Å². The van der Waals surface area contributed by atoms with Crippen LogP contribution in [-0.2, 0) is 6.54 Å². The third kappa shape index (κ3) is 4.13. The molecule has 0 spiro atoms. The van der Waals surface area contributed by atoms with Crippen molar-refractivity contribution in [1.29, 1.82) is 0 Å². The molecule has 9 nitrogen and oxygen atoms in total. The van der Waals surface area contributed by atoms with Gasteiger partial charge in [-0.3, -0.25) is 4.79 Å². The Kier molecular flexibility index (Phi) is 5.68. The molecule has 0 unspecified atom stereocenters. The van der Waals surface area contributed by atoms with Crippen molar-refractivity contribution < 1.29 is 19.4 Å². The van der Waals surface area contributed by atoms with Gasteiger partial charge < -0.3 is 30.1 Å². The number of hydrogen-bond acceptors (Lipinski definition) is 9. The minimum Gasteiger partial charge on any atom is -0.505 e. The Hall–Kier alpha value is -3.53. The average molecular weight is 454 g/mol. The zero-order valence-corrected chi connectivity index (χ0v) is 18.2. The molecule has 10 heteroatoms. The summed E-state index contributed by atoms with van der Waals surface area (Å²) < 4.78 is 19.4. The second kappa shape index (κ2) is 8.91. The molecule has 3 aromatic rings. The van der Waals surface area contributed by atoms with Crippen LogP contribution in [0.25, 0.3) is 0 Å². The number of anilines is 3. The zero-order valence-electron chi connectivity index (χ0n) is 17.3. The number of hydrogen-bond donors (Lipinski definition) is 3. The molecule has 1 amide bonds. The molecule has 5 rings (SSSR count). The van der Waals surface area contributed by atoms with E-state index in [1.54, 1.807) is 23.1 Å². The molecular formula is C22H23N5O4S. The van der Waals surface area contributed by atoms with Crippen molar-refractivity contribution in [2.45, 2.75) is 25.8 Å². The molecule has 0 atom stereocenters. The Balaban J connectivity index is 1.29. The highest BCUT2D eigenvalue weighted by Crippen LogP contribution is 2.35. The SMILES string of the molecule is O=C(c1cccc(Nc2nsnc2NCc2ccc3c(c2)OCO3)c1O)N1CCCCC1. The van der Waals surface area contributed by atoms with Crippen molar-refractivity contribution in [2.75, 3.05) is 30.5 Å². The normalized spacial score (nSPS) is 14.9. The van der Waals surface area contributed by atoms with E-state index in [0.717, 1.165) is 61.1 Å². The first-order valence-corrected chi connectivity index (χ1v) is 11.3. The average Bonchev–Trinajstić information content (AvgIpc) is 3.48. The lowest BCUT2D eigenvalue weighted by molar-refractivity contribution is 0.0721. The number of benzene rings is 2. The molecule has 1 saturated heterocycles. The highest BCUT2D eigenvalue weighted by Gasteiger charge is 2.23. The molecule has 2 aliphatic rings. The van der Waals surface area contributed by atoms with Crippen LogP contribution in [0.1, 0.15) is 35.2 Å². The molecule has 166 valence electrons. The molecule has 0 radical (unpaired) electrons. The lowest BCUT2D eigenvalue weighted by Crippen LogP contribution is -2.35. The third-order valence-corrected chi connectivity index (χ3v) is 6.08. The maximum Gasteiger partial charge on any atom is 0.257 e. The predicted molar refractivity (Wildman–Crippen MR) is 121 cm³/mol. The van der Waals surface area contributed by atoms with Gasteiger partial charge in [0.15, 0.2) is 28.9 Å². The van der Waals surface area contributed by atoms with Crippen molar-refractivity contribution in [3.63, 3.8) is 0 Å². The van der Waals surface area contributed by atoms with E-state index in [0.29, 0.717) is 23.9 Å². The second-order valence-corrected chi connectivity index (χ2v) is 8.21. The van der Waals surface area contributed by atoms with Gasteiger partial charge in [-0.25, -0.2) is 0 Å². The Morgan fingerprint density at radius 1 is 1.06 bits per heavy atom. The van der Waals surface area contributed by atoms with E-state index in [9.17, 15) is 9.90 Å². The highest BCUT2D eigenvalue weighted by atomic mass is 32.1. The molecule has 3 heterocycles. The predicted octanol–water partition coefficient (Wildman–Crippen LogP) is 3.95. The molecule has 3 N–H and O–H groups in total. The minimum absolute atomic E-state index is 0.0854. The van der Waals surface area contributed by atoms with Crippen molar-refractivity contribution >= 4 is 35.0 Å². The van der Waals surface area contributed by atoms with Crippen LogP contribution in [0.3, 0.4) is 0 Å². The maximum atomic E-state index is 12.9. The van der Waals surface area contributed by atoms with Crippen molar-refractivity contribution in [3.8, 4) is 17.2 Å². The quantitative estimate of drug-likeness (QED) is 0.482. The first-order valence-electron chi connectivity index (χ1n) is 10.5. The van der Waals surface area contributed by atoms with E-state index >= 15 is 0 Å². The number of ether oxygens (including phenoxy) is 2. The van der Waals surface area contributed by atoms with E-state index < -0.39 is 0 Å². The summed E-state index contributed by atoms with van der Waals surface area (Å²) in [5.74, 6) is 2.26. The van der Waals surface area contributed by atoms with Gasteiger partial charge in [0.1, 0.15) is 0 Å². The summed E-state index contributed by atoms with van der Waals surface area (Å²) in [5.41, 5.74) is 1.70. The number of rotatable bonds is 6. The second-order valence-electron chi connectivity index (χ2n) is 7.68. The highest BCUT2D eigenvalue weighted by molar-refractivity contribution is 6.99. The Morgan fingerprint density at radius 2 is 1.88 bits per heavy atom. The van der Waals surface area contributed by atoms with Gasteiger partial charge in [0.25, 0.3) is 5.91 Å². The minimum atomic E-state index is -0.150. The molecule has 0 bridgehead atoms. The number of para-hydroxylation sites is 1. The number of phenols is 1. The Morgan fingerprint density at radius 3 is 2.75 bits per heavy atom. The van der Waals surface area contributed by atoms with Gasteiger partial charge in [-0.2, -0.15) is 8.75 Å². The van der Waals surface area contributed by atoms with Gasteiger partial charge in [0, 0.05) is 19.6 Å². The number of aromatic hydroxyl groups is 1. The molecular weight excluding hydrogens is 430 g/mol. The monoisotopic (exact) mass is 453 g/mol. The summed E-state index contributed by atoms with van der Waals surface area (Å²) in [6.07, 6.45) is 3.12. The number of phenolic OH excluding ortho intramolecular Hbond substituents is 1. The molecule has 2 aromatic carbocycles. The fourth-order valence-corrected chi connectivity index (χ4v) is 4.32. The van der Waals surface area contributed by atoms with Gasteiger partial charge in [0.2, 0.25) is 6.79 Å². The lowest BCUT2D eigenvalue weighted by atomic mass is 10.1. The molecule has 2 aliphatic heterocycles. The van der Waals surface area contributed by atoms with Gasteiger partial charge in [-0.05, 0) is 49.1 Å². The smallest absolute Gasteiger partial charge is 0.257 e. The van der Waals surface area contributed by atoms with E-state index in [1.807, 2.05) is 18.2 Å². The van der Waals surface area contributed by atoms with Crippen LogP contribution in [0.5, 0.6) is 17.2 Å². The van der Waals surface area contributed by atoms with E-state index in [-0.39, 0.29) is 24.0 Å². The number of amides is 1.